The van der Waals surface area contributed by atoms with Gasteiger partial charge in [-0.25, -0.2) is 0 Å². The fourth-order valence-electron chi connectivity index (χ4n) is 4.11. The topological polar surface area (TPSA) is 24.5 Å². The molecule has 3 heteroatoms. The van der Waals surface area contributed by atoms with Crippen LogP contribution in [0.3, 0.4) is 0 Å². The van der Waals surface area contributed by atoms with E-state index in [2.05, 4.69) is 35.5 Å². The van der Waals surface area contributed by atoms with Crippen LogP contribution in [0.5, 0.6) is 5.75 Å². The molecule has 0 bridgehead atoms. The van der Waals surface area contributed by atoms with E-state index in [1.54, 1.807) is 12.7 Å². The first-order valence-corrected chi connectivity index (χ1v) is 8.37. The lowest BCUT2D eigenvalue weighted by molar-refractivity contribution is 0.111. The molecule has 2 atom stereocenters. The second-order valence-corrected chi connectivity index (χ2v) is 6.53. The molecule has 0 saturated carbocycles. The summed E-state index contributed by atoms with van der Waals surface area (Å²) < 4.78 is 5.39. The van der Waals surface area contributed by atoms with Crippen molar-refractivity contribution in [2.24, 2.45) is 5.92 Å². The first-order chi connectivity index (χ1) is 10.3. The molecule has 1 aromatic carbocycles. The predicted molar refractivity (Wildman–Crippen MR) is 86.9 cm³/mol. The molecule has 1 aromatic rings. The third-order valence-corrected chi connectivity index (χ3v) is 5.12. The molecule has 1 N–H and O–H groups in total. The maximum absolute atomic E-state index is 5.39. The van der Waals surface area contributed by atoms with E-state index in [4.69, 9.17) is 4.74 Å². The third-order valence-electron chi connectivity index (χ3n) is 5.12. The van der Waals surface area contributed by atoms with Gasteiger partial charge in [-0.2, -0.15) is 0 Å². The smallest absolute Gasteiger partial charge is 0.119 e. The molecular weight excluding hydrogens is 260 g/mol. The summed E-state index contributed by atoms with van der Waals surface area (Å²) in [7, 11) is 3.83. The van der Waals surface area contributed by atoms with Crippen molar-refractivity contribution >= 4 is 0 Å². The summed E-state index contributed by atoms with van der Waals surface area (Å²) in [6, 6.07) is 7.31. The molecule has 1 heterocycles. The normalized spacial score (nSPS) is 26.4. The minimum absolute atomic E-state index is 0.624. The van der Waals surface area contributed by atoms with E-state index in [-0.39, 0.29) is 0 Å². The molecule has 0 amide bonds. The van der Waals surface area contributed by atoms with E-state index < -0.39 is 0 Å². The van der Waals surface area contributed by atoms with Crippen LogP contribution in [0.15, 0.2) is 18.2 Å². The number of methoxy groups -OCH3 is 1. The van der Waals surface area contributed by atoms with Gasteiger partial charge in [-0.15, -0.1) is 0 Å². The molecule has 2 unspecified atom stereocenters. The van der Waals surface area contributed by atoms with Crippen molar-refractivity contribution in [2.45, 2.75) is 38.1 Å². The van der Waals surface area contributed by atoms with Crippen LogP contribution in [0.1, 0.15) is 42.9 Å². The van der Waals surface area contributed by atoms with Crippen molar-refractivity contribution < 1.29 is 4.74 Å². The Morgan fingerprint density at radius 2 is 2.19 bits per heavy atom. The number of piperidine rings is 1. The minimum atomic E-state index is 0.624. The maximum atomic E-state index is 5.39. The average Bonchev–Trinajstić information content (AvgIpc) is 2.54. The molecule has 1 fully saturated rings. The lowest BCUT2D eigenvalue weighted by atomic mass is 9.85. The minimum Gasteiger partial charge on any atom is -0.497 e. The molecule has 1 saturated heterocycles. The number of hydrogen-bond donors (Lipinski definition) is 1. The Hall–Kier alpha value is -1.06. The fraction of sp³-hybridized carbons (Fsp3) is 0.667. The van der Waals surface area contributed by atoms with Crippen LogP contribution >= 0.6 is 0 Å². The van der Waals surface area contributed by atoms with E-state index in [9.17, 15) is 0 Å². The van der Waals surface area contributed by atoms with E-state index in [1.165, 1.54) is 50.8 Å². The van der Waals surface area contributed by atoms with Gasteiger partial charge in [0.25, 0.3) is 0 Å². The van der Waals surface area contributed by atoms with Gasteiger partial charge in [0.05, 0.1) is 7.11 Å². The van der Waals surface area contributed by atoms with Crippen molar-refractivity contribution in [2.75, 3.05) is 33.8 Å². The fourth-order valence-corrected chi connectivity index (χ4v) is 4.11. The lowest BCUT2D eigenvalue weighted by Crippen LogP contribution is -2.42. The highest BCUT2D eigenvalue weighted by Gasteiger charge is 2.29. The van der Waals surface area contributed by atoms with Crippen molar-refractivity contribution in [3.63, 3.8) is 0 Å². The van der Waals surface area contributed by atoms with Crippen molar-refractivity contribution in [3.05, 3.63) is 29.3 Å². The number of benzene rings is 1. The van der Waals surface area contributed by atoms with Gasteiger partial charge in [0.1, 0.15) is 5.75 Å². The van der Waals surface area contributed by atoms with Crippen molar-refractivity contribution in [1.82, 2.24) is 10.2 Å². The second kappa shape index (κ2) is 6.80. The summed E-state index contributed by atoms with van der Waals surface area (Å²) >= 11 is 0. The summed E-state index contributed by atoms with van der Waals surface area (Å²) in [5, 5.41) is 3.35. The van der Waals surface area contributed by atoms with Gasteiger partial charge in [0, 0.05) is 12.6 Å². The van der Waals surface area contributed by atoms with Gasteiger partial charge in [-0.1, -0.05) is 6.07 Å². The Morgan fingerprint density at radius 3 is 3.00 bits per heavy atom. The van der Waals surface area contributed by atoms with Gasteiger partial charge >= 0.3 is 0 Å². The monoisotopic (exact) mass is 288 g/mol. The SMILES string of the molecule is CNCC1CCCN(C2CCCc3cc(OC)ccc32)C1. The molecule has 21 heavy (non-hydrogen) atoms. The van der Waals surface area contributed by atoms with E-state index in [0.29, 0.717) is 6.04 Å². The molecule has 116 valence electrons. The molecule has 3 nitrogen and oxygen atoms in total. The zero-order valence-electron chi connectivity index (χ0n) is 13.4. The third kappa shape index (κ3) is 3.24. The summed E-state index contributed by atoms with van der Waals surface area (Å²) in [5.74, 6) is 1.81. The second-order valence-electron chi connectivity index (χ2n) is 6.53. The molecule has 1 aliphatic heterocycles. The maximum Gasteiger partial charge on any atom is 0.119 e. The largest absolute Gasteiger partial charge is 0.497 e. The lowest BCUT2D eigenvalue weighted by Gasteiger charge is -2.41. The zero-order valence-corrected chi connectivity index (χ0v) is 13.4. The van der Waals surface area contributed by atoms with Crippen LogP contribution in [-0.2, 0) is 6.42 Å². The van der Waals surface area contributed by atoms with Gasteiger partial charge in [-0.05, 0) is 81.4 Å². The number of ether oxygens (including phenoxy) is 1. The first kappa shape index (κ1) is 14.9. The number of hydrogen-bond acceptors (Lipinski definition) is 3. The standard InChI is InChI=1S/C18H28N2O/c1-19-12-14-5-4-10-20(13-14)18-7-3-6-15-11-16(21-2)8-9-17(15)18/h8-9,11,14,18-19H,3-7,10,12-13H2,1-2H3. The highest BCUT2D eigenvalue weighted by atomic mass is 16.5. The molecule has 3 rings (SSSR count). The molecular formula is C18H28N2O. The Labute approximate surface area is 128 Å². The molecule has 1 aliphatic carbocycles. The Bertz CT molecular complexity index is 472. The van der Waals surface area contributed by atoms with Crippen LogP contribution in [0.2, 0.25) is 0 Å². The molecule has 0 aromatic heterocycles. The Kier molecular flexibility index (Phi) is 4.81. The number of nitrogens with zero attached hydrogens (tertiary/aromatic N) is 1. The first-order valence-electron chi connectivity index (χ1n) is 8.37. The van der Waals surface area contributed by atoms with Crippen molar-refractivity contribution in [3.8, 4) is 5.75 Å². The summed E-state index contributed by atoms with van der Waals surface area (Å²) in [6.45, 7) is 3.66. The van der Waals surface area contributed by atoms with E-state index in [1.807, 2.05) is 0 Å². The van der Waals surface area contributed by atoms with Crippen LogP contribution in [0.25, 0.3) is 0 Å². The van der Waals surface area contributed by atoms with Crippen LogP contribution in [0, 0.1) is 5.92 Å². The van der Waals surface area contributed by atoms with E-state index in [0.717, 1.165) is 18.2 Å². The summed E-state index contributed by atoms with van der Waals surface area (Å²) in [6.07, 6.45) is 6.54. The number of likely N-dealkylation sites (tertiary alicyclic amines) is 1. The summed E-state index contributed by atoms with van der Waals surface area (Å²) in [4.78, 5) is 2.73. The number of rotatable bonds is 4. The quantitative estimate of drug-likeness (QED) is 0.922. The van der Waals surface area contributed by atoms with Crippen LogP contribution in [0.4, 0.5) is 0 Å². The van der Waals surface area contributed by atoms with Gasteiger partial charge in [0.2, 0.25) is 0 Å². The Morgan fingerprint density at radius 1 is 1.29 bits per heavy atom. The average molecular weight is 288 g/mol. The van der Waals surface area contributed by atoms with Crippen molar-refractivity contribution in [1.29, 1.82) is 0 Å². The Balaban J connectivity index is 1.78. The number of nitrogens with one attached hydrogen (secondary N) is 1. The van der Waals surface area contributed by atoms with Crippen LogP contribution in [-0.4, -0.2) is 38.7 Å². The number of fused-ring (bicyclic) bond motifs is 1. The van der Waals surface area contributed by atoms with Gasteiger partial charge < -0.3 is 10.1 Å². The van der Waals surface area contributed by atoms with Crippen LogP contribution < -0.4 is 10.1 Å². The zero-order chi connectivity index (χ0) is 14.7. The van der Waals surface area contributed by atoms with Gasteiger partial charge in [0.15, 0.2) is 0 Å². The molecule has 0 radical (unpaired) electrons. The van der Waals surface area contributed by atoms with E-state index >= 15 is 0 Å². The highest BCUT2D eigenvalue weighted by molar-refractivity contribution is 5.39. The predicted octanol–water partition coefficient (Wildman–Crippen LogP) is 3.00. The molecule has 2 aliphatic rings. The molecule has 0 spiro atoms. The summed E-state index contributed by atoms with van der Waals surface area (Å²) in [5.41, 5.74) is 3.05. The highest BCUT2D eigenvalue weighted by Crippen LogP contribution is 2.37. The number of aryl methyl sites for hydroxylation is 1. The van der Waals surface area contributed by atoms with Gasteiger partial charge in [-0.3, -0.25) is 4.90 Å².